The van der Waals surface area contributed by atoms with Crippen LogP contribution in [0.25, 0.3) is 0 Å². The number of hydrogen-bond acceptors (Lipinski definition) is 4. The summed E-state index contributed by atoms with van der Waals surface area (Å²) in [6.45, 7) is 4.92. The molecule has 0 saturated carbocycles. The second-order valence-corrected chi connectivity index (χ2v) is 6.86. The zero-order valence-electron chi connectivity index (χ0n) is 17.3. The molecule has 2 aromatic carbocycles. The number of rotatable bonds is 12. The standard InChI is InChI=1S/C23H31N3O3/c1-3-5-6-13-22(27)25-19-10-7-9-18(15-19)24-17-23(28)26-20-11-8-12-21(16-20)29-14-4-2/h7-12,15-16,24H,3-6,13-14,17H2,1-2H3,(H,25,27)(H,26,28). The van der Waals surface area contributed by atoms with Crippen molar-refractivity contribution in [2.45, 2.75) is 46.0 Å². The van der Waals surface area contributed by atoms with E-state index in [0.29, 0.717) is 18.7 Å². The van der Waals surface area contributed by atoms with Gasteiger partial charge in [0.25, 0.3) is 0 Å². The fourth-order valence-electron chi connectivity index (χ4n) is 2.74. The highest BCUT2D eigenvalue weighted by Crippen LogP contribution is 2.18. The summed E-state index contributed by atoms with van der Waals surface area (Å²) in [6.07, 6.45) is 4.49. The topological polar surface area (TPSA) is 79.5 Å². The normalized spacial score (nSPS) is 10.3. The minimum Gasteiger partial charge on any atom is -0.494 e. The van der Waals surface area contributed by atoms with E-state index < -0.39 is 0 Å². The molecular weight excluding hydrogens is 366 g/mol. The number of ether oxygens (including phenoxy) is 1. The molecule has 2 rings (SSSR count). The summed E-state index contributed by atoms with van der Waals surface area (Å²) in [7, 11) is 0. The van der Waals surface area contributed by atoms with Crippen LogP contribution in [0.1, 0.15) is 46.0 Å². The van der Waals surface area contributed by atoms with Crippen LogP contribution in [-0.4, -0.2) is 25.0 Å². The van der Waals surface area contributed by atoms with Crippen molar-refractivity contribution in [2.75, 3.05) is 29.1 Å². The molecule has 0 aliphatic heterocycles. The average Bonchev–Trinajstić information content (AvgIpc) is 2.71. The lowest BCUT2D eigenvalue weighted by atomic mass is 10.2. The fraction of sp³-hybridized carbons (Fsp3) is 0.391. The van der Waals surface area contributed by atoms with E-state index in [9.17, 15) is 9.59 Å². The molecule has 2 amide bonds. The first-order chi connectivity index (χ1) is 14.1. The molecule has 0 spiro atoms. The summed E-state index contributed by atoms with van der Waals surface area (Å²) < 4.78 is 5.58. The first-order valence-corrected chi connectivity index (χ1v) is 10.3. The van der Waals surface area contributed by atoms with E-state index >= 15 is 0 Å². The second kappa shape index (κ2) is 12.4. The van der Waals surface area contributed by atoms with Gasteiger partial charge in [-0.2, -0.15) is 0 Å². The highest BCUT2D eigenvalue weighted by molar-refractivity contribution is 5.94. The predicted octanol–water partition coefficient (Wildman–Crippen LogP) is 5.04. The Morgan fingerprint density at radius 3 is 2.28 bits per heavy atom. The van der Waals surface area contributed by atoms with Gasteiger partial charge in [0, 0.05) is 29.5 Å². The molecule has 6 nitrogen and oxygen atoms in total. The monoisotopic (exact) mass is 397 g/mol. The first kappa shape index (κ1) is 22.3. The number of nitrogens with one attached hydrogen (secondary N) is 3. The maximum Gasteiger partial charge on any atom is 0.243 e. The number of benzene rings is 2. The molecular formula is C23H31N3O3. The van der Waals surface area contributed by atoms with E-state index in [2.05, 4.69) is 22.9 Å². The van der Waals surface area contributed by atoms with Gasteiger partial charge < -0.3 is 20.7 Å². The Hall–Kier alpha value is -3.02. The smallest absolute Gasteiger partial charge is 0.243 e. The van der Waals surface area contributed by atoms with Crippen LogP contribution in [0.4, 0.5) is 17.1 Å². The number of carbonyl (C=O) groups excluding carboxylic acids is 2. The van der Waals surface area contributed by atoms with Crippen molar-refractivity contribution in [1.82, 2.24) is 0 Å². The lowest BCUT2D eigenvalue weighted by Gasteiger charge is -2.11. The van der Waals surface area contributed by atoms with Crippen molar-refractivity contribution >= 4 is 28.9 Å². The Morgan fingerprint density at radius 2 is 1.52 bits per heavy atom. The zero-order valence-corrected chi connectivity index (χ0v) is 17.3. The molecule has 3 N–H and O–H groups in total. The molecule has 0 heterocycles. The molecule has 0 fully saturated rings. The van der Waals surface area contributed by atoms with Crippen LogP contribution in [0.2, 0.25) is 0 Å². The molecule has 0 radical (unpaired) electrons. The van der Waals surface area contributed by atoms with E-state index in [1.165, 1.54) is 0 Å². The molecule has 29 heavy (non-hydrogen) atoms. The summed E-state index contributed by atoms with van der Waals surface area (Å²) in [4.78, 5) is 24.2. The van der Waals surface area contributed by atoms with Gasteiger partial charge in [0.2, 0.25) is 11.8 Å². The molecule has 156 valence electrons. The van der Waals surface area contributed by atoms with Gasteiger partial charge in [-0.15, -0.1) is 0 Å². The highest BCUT2D eigenvalue weighted by atomic mass is 16.5. The van der Waals surface area contributed by atoms with Crippen LogP contribution in [0.3, 0.4) is 0 Å². The Morgan fingerprint density at radius 1 is 0.828 bits per heavy atom. The molecule has 2 aromatic rings. The van der Waals surface area contributed by atoms with Crippen molar-refractivity contribution in [3.05, 3.63) is 48.5 Å². The number of amides is 2. The van der Waals surface area contributed by atoms with Crippen LogP contribution in [-0.2, 0) is 9.59 Å². The second-order valence-electron chi connectivity index (χ2n) is 6.86. The van der Waals surface area contributed by atoms with Crippen molar-refractivity contribution in [2.24, 2.45) is 0 Å². The summed E-state index contributed by atoms with van der Waals surface area (Å²) >= 11 is 0. The molecule has 0 aliphatic carbocycles. The maximum absolute atomic E-state index is 12.2. The molecule has 6 heteroatoms. The lowest BCUT2D eigenvalue weighted by Crippen LogP contribution is -2.21. The number of carbonyl (C=O) groups is 2. The summed E-state index contributed by atoms with van der Waals surface area (Å²) in [5, 5.41) is 8.84. The van der Waals surface area contributed by atoms with Crippen LogP contribution in [0, 0.1) is 0 Å². The van der Waals surface area contributed by atoms with Gasteiger partial charge in [-0.05, 0) is 43.2 Å². The van der Waals surface area contributed by atoms with E-state index in [1.807, 2.05) is 55.5 Å². The Balaban J connectivity index is 1.82. The van der Waals surface area contributed by atoms with Crippen LogP contribution < -0.4 is 20.7 Å². The quantitative estimate of drug-likeness (QED) is 0.438. The average molecular weight is 398 g/mol. The Labute approximate surface area is 173 Å². The summed E-state index contributed by atoms with van der Waals surface area (Å²) in [5.74, 6) is 0.588. The molecule has 0 aromatic heterocycles. The molecule has 0 unspecified atom stereocenters. The third kappa shape index (κ3) is 8.68. The Kier molecular flexibility index (Phi) is 9.55. The molecule has 0 bridgehead atoms. The van der Waals surface area contributed by atoms with E-state index in [4.69, 9.17) is 4.74 Å². The lowest BCUT2D eigenvalue weighted by molar-refractivity contribution is -0.116. The van der Waals surface area contributed by atoms with Crippen molar-refractivity contribution in [1.29, 1.82) is 0 Å². The van der Waals surface area contributed by atoms with Gasteiger partial charge in [0.05, 0.1) is 13.2 Å². The number of anilines is 3. The van der Waals surface area contributed by atoms with E-state index in [0.717, 1.165) is 42.8 Å². The third-order valence-corrected chi connectivity index (χ3v) is 4.20. The fourth-order valence-corrected chi connectivity index (χ4v) is 2.74. The SMILES string of the molecule is CCCCCC(=O)Nc1cccc(NCC(=O)Nc2cccc(OCCC)c2)c1. The Bertz CT molecular complexity index is 792. The molecule has 0 saturated heterocycles. The summed E-state index contributed by atoms with van der Waals surface area (Å²) in [5.41, 5.74) is 2.18. The molecule has 0 atom stereocenters. The largest absolute Gasteiger partial charge is 0.494 e. The van der Waals surface area contributed by atoms with Gasteiger partial charge >= 0.3 is 0 Å². The van der Waals surface area contributed by atoms with Gasteiger partial charge in [-0.25, -0.2) is 0 Å². The van der Waals surface area contributed by atoms with Crippen molar-refractivity contribution < 1.29 is 14.3 Å². The molecule has 0 aliphatic rings. The van der Waals surface area contributed by atoms with Crippen LogP contribution in [0.15, 0.2) is 48.5 Å². The van der Waals surface area contributed by atoms with Crippen molar-refractivity contribution in [3.63, 3.8) is 0 Å². The van der Waals surface area contributed by atoms with Gasteiger partial charge in [-0.3, -0.25) is 9.59 Å². The maximum atomic E-state index is 12.2. The minimum atomic E-state index is -0.161. The summed E-state index contributed by atoms with van der Waals surface area (Å²) in [6, 6.07) is 14.7. The van der Waals surface area contributed by atoms with E-state index in [-0.39, 0.29) is 18.4 Å². The predicted molar refractivity (Wildman–Crippen MR) is 119 cm³/mol. The minimum absolute atomic E-state index is 0.0125. The van der Waals surface area contributed by atoms with Crippen LogP contribution >= 0.6 is 0 Å². The van der Waals surface area contributed by atoms with Crippen LogP contribution in [0.5, 0.6) is 5.75 Å². The number of hydrogen-bond donors (Lipinski definition) is 3. The highest BCUT2D eigenvalue weighted by Gasteiger charge is 2.06. The first-order valence-electron chi connectivity index (χ1n) is 10.3. The third-order valence-electron chi connectivity index (χ3n) is 4.20. The van der Waals surface area contributed by atoms with Gasteiger partial charge in [-0.1, -0.05) is 38.8 Å². The van der Waals surface area contributed by atoms with Gasteiger partial charge in [0.15, 0.2) is 0 Å². The van der Waals surface area contributed by atoms with E-state index in [1.54, 1.807) is 0 Å². The number of unbranched alkanes of at least 4 members (excludes halogenated alkanes) is 2. The van der Waals surface area contributed by atoms with Crippen molar-refractivity contribution in [3.8, 4) is 5.75 Å². The zero-order chi connectivity index (χ0) is 20.9. The van der Waals surface area contributed by atoms with Gasteiger partial charge in [0.1, 0.15) is 5.75 Å².